The molecule has 2 rings (SSSR count). The second kappa shape index (κ2) is 6.19. The van der Waals surface area contributed by atoms with Crippen molar-refractivity contribution in [3.8, 4) is 11.5 Å². The number of hydrogen-bond donors (Lipinski definition) is 1. The summed E-state index contributed by atoms with van der Waals surface area (Å²) in [4.78, 5) is 0. The van der Waals surface area contributed by atoms with Gasteiger partial charge in [-0.05, 0) is 19.1 Å². The Morgan fingerprint density at radius 1 is 1.26 bits per heavy atom. The van der Waals surface area contributed by atoms with Crippen LogP contribution in [-0.2, 0) is 19.8 Å². The van der Waals surface area contributed by atoms with E-state index in [9.17, 15) is 5.11 Å². The van der Waals surface area contributed by atoms with E-state index in [1.807, 2.05) is 31.2 Å². The predicted molar refractivity (Wildman–Crippen MR) is 68.9 cm³/mol. The van der Waals surface area contributed by atoms with Crippen LogP contribution in [0.3, 0.4) is 0 Å². The number of benzene rings is 1. The van der Waals surface area contributed by atoms with Gasteiger partial charge in [-0.2, -0.15) is 0 Å². The van der Waals surface area contributed by atoms with E-state index >= 15 is 0 Å². The Kier molecular flexibility index (Phi) is 4.35. The molecule has 1 heterocycles. The SMILES string of the molecule is CCn1nnc(CO)c1COc1ccccc1OC. The molecular formula is C13H17N3O3. The highest BCUT2D eigenvalue weighted by atomic mass is 16.5. The Bertz CT molecular complexity index is 518. The first-order valence-corrected chi connectivity index (χ1v) is 6.08. The third-order valence-corrected chi connectivity index (χ3v) is 2.80. The van der Waals surface area contributed by atoms with Crippen LogP contribution in [0.15, 0.2) is 24.3 Å². The molecule has 0 saturated carbocycles. The lowest BCUT2D eigenvalue weighted by Crippen LogP contribution is -2.08. The number of aliphatic hydroxyl groups excluding tert-OH is 1. The number of ether oxygens (including phenoxy) is 2. The third-order valence-electron chi connectivity index (χ3n) is 2.80. The van der Waals surface area contributed by atoms with E-state index < -0.39 is 0 Å². The second-order valence-electron chi connectivity index (χ2n) is 3.90. The normalized spacial score (nSPS) is 10.5. The van der Waals surface area contributed by atoms with Crippen molar-refractivity contribution in [2.45, 2.75) is 26.7 Å². The third kappa shape index (κ3) is 2.85. The Labute approximate surface area is 111 Å². The van der Waals surface area contributed by atoms with E-state index in [-0.39, 0.29) is 13.2 Å². The average molecular weight is 263 g/mol. The van der Waals surface area contributed by atoms with Gasteiger partial charge in [0.25, 0.3) is 0 Å². The summed E-state index contributed by atoms with van der Waals surface area (Å²) in [6.45, 7) is 2.78. The van der Waals surface area contributed by atoms with Crippen molar-refractivity contribution in [2.75, 3.05) is 7.11 Å². The average Bonchev–Trinajstić information content (AvgIpc) is 2.87. The highest BCUT2D eigenvalue weighted by molar-refractivity contribution is 5.39. The Hall–Kier alpha value is -2.08. The quantitative estimate of drug-likeness (QED) is 0.852. The molecule has 19 heavy (non-hydrogen) atoms. The number of aromatic nitrogens is 3. The van der Waals surface area contributed by atoms with Gasteiger partial charge in [0.05, 0.1) is 13.7 Å². The van der Waals surface area contributed by atoms with Gasteiger partial charge >= 0.3 is 0 Å². The fourth-order valence-corrected chi connectivity index (χ4v) is 1.79. The maximum absolute atomic E-state index is 9.23. The lowest BCUT2D eigenvalue weighted by molar-refractivity contribution is 0.255. The van der Waals surface area contributed by atoms with Gasteiger partial charge in [0.1, 0.15) is 18.0 Å². The Morgan fingerprint density at radius 2 is 2.00 bits per heavy atom. The Morgan fingerprint density at radius 3 is 2.63 bits per heavy atom. The monoisotopic (exact) mass is 263 g/mol. The molecule has 6 nitrogen and oxygen atoms in total. The van der Waals surface area contributed by atoms with E-state index in [4.69, 9.17) is 9.47 Å². The van der Waals surface area contributed by atoms with Gasteiger partial charge in [0, 0.05) is 6.54 Å². The lowest BCUT2D eigenvalue weighted by Gasteiger charge is -2.11. The molecule has 102 valence electrons. The fourth-order valence-electron chi connectivity index (χ4n) is 1.79. The first kappa shape index (κ1) is 13.4. The zero-order valence-corrected chi connectivity index (χ0v) is 11.0. The van der Waals surface area contributed by atoms with Gasteiger partial charge in [0.15, 0.2) is 11.5 Å². The summed E-state index contributed by atoms with van der Waals surface area (Å²) < 4.78 is 12.6. The highest BCUT2D eigenvalue weighted by Crippen LogP contribution is 2.26. The van der Waals surface area contributed by atoms with Crippen molar-refractivity contribution in [2.24, 2.45) is 0 Å². The summed E-state index contributed by atoms with van der Waals surface area (Å²) in [5.74, 6) is 1.32. The molecule has 1 N–H and O–H groups in total. The van der Waals surface area contributed by atoms with Crippen LogP contribution in [-0.4, -0.2) is 27.2 Å². The van der Waals surface area contributed by atoms with Gasteiger partial charge in [-0.1, -0.05) is 17.3 Å². The minimum absolute atomic E-state index is 0.148. The van der Waals surface area contributed by atoms with Crippen molar-refractivity contribution in [3.05, 3.63) is 35.7 Å². The molecule has 0 spiro atoms. The molecule has 0 aliphatic carbocycles. The number of para-hydroxylation sites is 2. The lowest BCUT2D eigenvalue weighted by atomic mass is 10.3. The minimum Gasteiger partial charge on any atom is -0.493 e. The number of hydrogen-bond acceptors (Lipinski definition) is 5. The fraction of sp³-hybridized carbons (Fsp3) is 0.385. The molecule has 0 saturated heterocycles. The highest BCUT2D eigenvalue weighted by Gasteiger charge is 2.12. The molecule has 1 aromatic carbocycles. The zero-order chi connectivity index (χ0) is 13.7. The Balaban J connectivity index is 2.16. The van der Waals surface area contributed by atoms with Crippen LogP contribution < -0.4 is 9.47 Å². The standard InChI is InChI=1S/C13H17N3O3/c1-3-16-11(10(8-17)14-15-16)9-19-13-7-5-4-6-12(13)18-2/h4-7,17H,3,8-9H2,1-2H3. The molecule has 0 amide bonds. The molecule has 0 aliphatic heterocycles. The smallest absolute Gasteiger partial charge is 0.161 e. The summed E-state index contributed by atoms with van der Waals surface area (Å²) in [7, 11) is 1.60. The molecule has 0 aliphatic rings. The van der Waals surface area contributed by atoms with E-state index in [2.05, 4.69) is 10.3 Å². The predicted octanol–water partition coefficient (Wildman–Crippen LogP) is 1.38. The molecule has 0 radical (unpaired) electrons. The molecule has 0 atom stereocenters. The number of nitrogens with zero attached hydrogens (tertiary/aromatic N) is 3. The van der Waals surface area contributed by atoms with Crippen molar-refractivity contribution < 1.29 is 14.6 Å². The first-order valence-electron chi connectivity index (χ1n) is 6.08. The van der Waals surface area contributed by atoms with Crippen molar-refractivity contribution >= 4 is 0 Å². The van der Waals surface area contributed by atoms with Gasteiger partial charge in [-0.3, -0.25) is 0 Å². The van der Waals surface area contributed by atoms with E-state index in [0.29, 0.717) is 23.7 Å². The molecular weight excluding hydrogens is 246 g/mol. The maximum Gasteiger partial charge on any atom is 0.161 e. The summed E-state index contributed by atoms with van der Waals surface area (Å²) in [5.41, 5.74) is 1.31. The summed E-state index contributed by atoms with van der Waals surface area (Å²) in [5, 5.41) is 17.1. The van der Waals surface area contributed by atoms with E-state index in [0.717, 1.165) is 5.69 Å². The van der Waals surface area contributed by atoms with Crippen LogP contribution in [0.4, 0.5) is 0 Å². The van der Waals surface area contributed by atoms with Crippen molar-refractivity contribution in [1.29, 1.82) is 0 Å². The van der Waals surface area contributed by atoms with Crippen LogP contribution in [0.2, 0.25) is 0 Å². The topological polar surface area (TPSA) is 69.4 Å². The van der Waals surface area contributed by atoms with Crippen LogP contribution in [0, 0.1) is 0 Å². The molecule has 0 bridgehead atoms. The summed E-state index contributed by atoms with van der Waals surface area (Å²) in [6, 6.07) is 7.41. The molecule has 6 heteroatoms. The van der Waals surface area contributed by atoms with Gasteiger partial charge in [-0.15, -0.1) is 5.10 Å². The summed E-state index contributed by atoms with van der Waals surface area (Å²) in [6.07, 6.45) is 0. The van der Waals surface area contributed by atoms with Crippen LogP contribution >= 0.6 is 0 Å². The second-order valence-corrected chi connectivity index (χ2v) is 3.90. The number of methoxy groups -OCH3 is 1. The molecule has 0 unspecified atom stereocenters. The van der Waals surface area contributed by atoms with E-state index in [1.165, 1.54) is 0 Å². The van der Waals surface area contributed by atoms with Crippen LogP contribution in [0.5, 0.6) is 11.5 Å². The van der Waals surface area contributed by atoms with Crippen molar-refractivity contribution in [3.63, 3.8) is 0 Å². The van der Waals surface area contributed by atoms with Gasteiger partial charge < -0.3 is 14.6 Å². The zero-order valence-electron chi connectivity index (χ0n) is 11.0. The number of aryl methyl sites for hydroxylation is 1. The maximum atomic E-state index is 9.23. The molecule has 0 fully saturated rings. The summed E-state index contributed by atoms with van der Waals surface area (Å²) >= 11 is 0. The van der Waals surface area contributed by atoms with Gasteiger partial charge in [-0.25, -0.2) is 4.68 Å². The minimum atomic E-state index is -0.148. The molecule has 2 aromatic rings. The largest absolute Gasteiger partial charge is 0.493 e. The number of rotatable bonds is 6. The van der Waals surface area contributed by atoms with Crippen LogP contribution in [0.1, 0.15) is 18.3 Å². The van der Waals surface area contributed by atoms with Crippen LogP contribution in [0.25, 0.3) is 0 Å². The number of aliphatic hydroxyl groups is 1. The van der Waals surface area contributed by atoms with E-state index in [1.54, 1.807) is 11.8 Å². The van der Waals surface area contributed by atoms with Crippen molar-refractivity contribution in [1.82, 2.24) is 15.0 Å². The molecule has 1 aromatic heterocycles. The first-order chi connectivity index (χ1) is 9.30. The van der Waals surface area contributed by atoms with Gasteiger partial charge in [0.2, 0.25) is 0 Å².